The van der Waals surface area contributed by atoms with Crippen molar-refractivity contribution in [3.8, 4) is 0 Å². The molecule has 1 heteroatoms. The second kappa shape index (κ2) is 7.60. The summed E-state index contributed by atoms with van der Waals surface area (Å²) in [5, 5.41) is 10.2. The number of aliphatic hydroxyl groups excluding tert-OH is 1. The zero-order chi connectivity index (χ0) is 20.1. The minimum absolute atomic E-state index is 0.0452. The Morgan fingerprint density at radius 3 is 2.50 bits per heavy atom. The molecule has 0 amide bonds. The van der Waals surface area contributed by atoms with E-state index in [9.17, 15) is 5.11 Å². The highest BCUT2D eigenvalue weighted by atomic mass is 16.3. The summed E-state index contributed by atoms with van der Waals surface area (Å²) in [6.07, 6.45) is 19.0. The summed E-state index contributed by atoms with van der Waals surface area (Å²) < 4.78 is 0. The Morgan fingerprint density at radius 2 is 1.75 bits per heavy atom. The van der Waals surface area contributed by atoms with Crippen LogP contribution in [0.25, 0.3) is 0 Å². The van der Waals surface area contributed by atoms with E-state index < -0.39 is 0 Å². The third kappa shape index (κ3) is 3.34. The van der Waals surface area contributed by atoms with Crippen LogP contribution in [0.2, 0.25) is 0 Å². The van der Waals surface area contributed by atoms with E-state index in [0.29, 0.717) is 22.7 Å². The Kier molecular flexibility index (Phi) is 5.62. The predicted octanol–water partition coefficient (Wildman–Crippen LogP) is 7.16. The number of fused-ring (bicyclic) bond motifs is 5. The van der Waals surface area contributed by atoms with Crippen LogP contribution in [0.4, 0.5) is 0 Å². The summed E-state index contributed by atoms with van der Waals surface area (Å²) in [7, 11) is 0. The van der Waals surface area contributed by atoms with E-state index in [1.807, 2.05) is 5.57 Å². The molecule has 4 aliphatic rings. The van der Waals surface area contributed by atoms with Crippen LogP contribution < -0.4 is 0 Å². The number of rotatable bonds is 4. The van der Waals surface area contributed by atoms with Crippen LogP contribution in [0.1, 0.15) is 92.4 Å². The first-order chi connectivity index (χ1) is 13.3. The molecule has 0 aromatic carbocycles. The molecule has 0 bridgehead atoms. The molecule has 158 valence electrons. The van der Waals surface area contributed by atoms with Crippen LogP contribution in [0.5, 0.6) is 0 Å². The van der Waals surface area contributed by atoms with Crippen LogP contribution in [0.3, 0.4) is 0 Å². The summed E-state index contributed by atoms with van der Waals surface area (Å²) in [5.74, 6) is 4.65. The van der Waals surface area contributed by atoms with E-state index in [1.165, 1.54) is 44.9 Å². The minimum atomic E-state index is -0.0452. The van der Waals surface area contributed by atoms with Gasteiger partial charge in [0.1, 0.15) is 0 Å². The molecule has 1 nitrogen and oxygen atoms in total. The Hall–Kier alpha value is -0.560. The van der Waals surface area contributed by atoms with Crippen LogP contribution in [0, 0.1) is 46.3 Å². The van der Waals surface area contributed by atoms with Gasteiger partial charge in [-0.25, -0.2) is 0 Å². The van der Waals surface area contributed by atoms with Gasteiger partial charge in [0.15, 0.2) is 0 Å². The van der Waals surface area contributed by atoms with Crippen LogP contribution >= 0.6 is 0 Å². The summed E-state index contributed by atoms with van der Waals surface area (Å²) in [6.45, 7) is 12.3. The molecular formula is C27H44O. The minimum Gasteiger partial charge on any atom is -0.393 e. The first-order valence-electron chi connectivity index (χ1n) is 12.3. The Labute approximate surface area is 174 Å². The number of hydrogen-bond acceptors (Lipinski definition) is 1. The van der Waals surface area contributed by atoms with Crippen molar-refractivity contribution in [2.24, 2.45) is 46.3 Å². The van der Waals surface area contributed by atoms with E-state index in [2.05, 4.69) is 52.8 Å². The van der Waals surface area contributed by atoms with Crippen molar-refractivity contribution in [1.82, 2.24) is 0 Å². The Balaban J connectivity index is 1.54. The molecule has 8 atom stereocenters. The topological polar surface area (TPSA) is 20.2 Å². The van der Waals surface area contributed by atoms with Crippen molar-refractivity contribution < 1.29 is 5.11 Å². The zero-order valence-corrected chi connectivity index (χ0v) is 19.1. The Morgan fingerprint density at radius 1 is 1.04 bits per heavy atom. The van der Waals surface area contributed by atoms with Crippen molar-refractivity contribution in [2.75, 3.05) is 0 Å². The van der Waals surface area contributed by atoms with Crippen LogP contribution in [-0.4, -0.2) is 11.2 Å². The molecule has 0 spiro atoms. The fourth-order valence-corrected chi connectivity index (χ4v) is 8.09. The van der Waals surface area contributed by atoms with Gasteiger partial charge in [0.25, 0.3) is 0 Å². The van der Waals surface area contributed by atoms with Crippen LogP contribution in [0.15, 0.2) is 23.8 Å². The quantitative estimate of drug-likeness (QED) is 0.510. The molecule has 0 aromatic heterocycles. The van der Waals surface area contributed by atoms with Gasteiger partial charge >= 0.3 is 0 Å². The lowest BCUT2D eigenvalue weighted by Crippen LogP contribution is -2.49. The van der Waals surface area contributed by atoms with Gasteiger partial charge in [0, 0.05) is 0 Å². The highest BCUT2D eigenvalue weighted by molar-refractivity contribution is 5.28. The third-order valence-corrected chi connectivity index (χ3v) is 9.81. The van der Waals surface area contributed by atoms with Crippen molar-refractivity contribution in [1.29, 1.82) is 0 Å². The lowest BCUT2D eigenvalue weighted by molar-refractivity contribution is -0.0414. The predicted molar refractivity (Wildman–Crippen MR) is 119 cm³/mol. The van der Waals surface area contributed by atoms with Crippen molar-refractivity contribution in [3.05, 3.63) is 23.8 Å². The molecule has 0 aromatic rings. The largest absolute Gasteiger partial charge is 0.393 e. The van der Waals surface area contributed by atoms with Gasteiger partial charge in [0.05, 0.1) is 6.10 Å². The second-order valence-electron chi connectivity index (χ2n) is 11.8. The maximum absolute atomic E-state index is 10.2. The first-order valence-corrected chi connectivity index (χ1v) is 12.3. The molecule has 0 radical (unpaired) electrons. The molecule has 0 saturated heterocycles. The first kappa shape index (κ1) is 20.7. The number of allylic oxidation sites excluding steroid dienone is 4. The maximum Gasteiger partial charge on any atom is 0.0543 e. The summed E-state index contributed by atoms with van der Waals surface area (Å²) in [5.41, 5.74) is 2.80. The summed E-state index contributed by atoms with van der Waals surface area (Å²) in [6, 6.07) is 0. The van der Waals surface area contributed by atoms with Gasteiger partial charge in [-0.1, -0.05) is 58.4 Å². The molecule has 4 rings (SSSR count). The van der Waals surface area contributed by atoms with Gasteiger partial charge in [-0.2, -0.15) is 0 Å². The van der Waals surface area contributed by atoms with Gasteiger partial charge in [-0.05, 0) is 104 Å². The standard InChI is InChI=1S/C27H44O/c1-18(2)7-6-8-19(3)23-11-12-24-22-10-9-20-17-21(28)13-15-26(20,4)25(22)14-16-27(23,24)5/h6,8,10,18-21,23-25,28H,7,9,11-17H2,1-5H3. The average molecular weight is 385 g/mol. The highest BCUT2D eigenvalue weighted by Crippen LogP contribution is 2.66. The number of aliphatic hydroxyl groups is 1. The van der Waals surface area contributed by atoms with Gasteiger partial charge in [-0.15, -0.1) is 0 Å². The highest BCUT2D eigenvalue weighted by Gasteiger charge is 2.57. The van der Waals surface area contributed by atoms with E-state index >= 15 is 0 Å². The average Bonchev–Trinajstić information content (AvgIpc) is 2.99. The molecule has 1 N–H and O–H groups in total. The van der Waals surface area contributed by atoms with E-state index in [4.69, 9.17) is 0 Å². The van der Waals surface area contributed by atoms with E-state index in [0.717, 1.165) is 36.5 Å². The lowest BCUT2D eigenvalue weighted by atomic mass is 9.47. The normalized spacial score (nSPS) is 46.8. The zero-order valence-electron chi connectivity index (χ0n) is 19.1. The van der Waals surface area contributed by atoms with Gasteiger partial charge in [-0.3, -0.25) is 0 Å². The molecule has 8 unspecified atom stereocenters. The molecular weight excluding hydrogens is 340 g/mol. The second-order valence-corrected chi connectivity index (χ2v) is 11.8. The fourth-order valence-electron chi connectivity index (χ4n) is 8.09. The van der Waals surface area contributed by atoms with E-state index in [-0.39, 0.29) is 6.10 Å². The summed E-state index contributed by atoms with van der Waals surface area (Å²) in [4.78, 5) is 0. The fraction of sp³-hybridized carbons (Fsp3) is 0.852. The summed E-state index contributed by atoms with van der Waals surface area (Å²) >= 11 is 0. The monoisotopic (exact) mass is 384 g/mol. The van der Waals surface area contributed by atoms with Gasteiger partial charge < -0.3 is 5.11 Å². The smallest absolute Gasteiger partial charge is 0.0543 e. The lowest BCUT2D eigenvalue weighted by Gasteiger charge is -2.57. The molecule has 4 aliphatic carbocycles. The Bertz CT molecular complexity index is 630. The number of hydrogen-bond donors (Lipinski definition) is 1. The van der Waals surface area contributed by atoms with Crippen molar-refractivity contribution >= 4 is 0 Å². The molecule has 0 heterocycles. The maximum atomic E-state index is 10.2. The SMILES string of the molecule is CC(C)CC=CC(C)C1CCC2C3=CCC4CC(O)CCC4(C)C3CCC21C. The molecule has 28 heavy (non-hydrogen) atoms. The van der Waals surface area contributed by atoms with Crippen LogP contribution in [-0.2, 0) is 0 Å². The van der Waals surface area contributed by atoms with Gasteiger partial charge in [0.2, 0.25) is 0 Å². The third-order valence-electron chi connectivity index (χ3n) is 9.81. The molecule has 3 fully saturated rings. The molecule has 3 saturated carbocycles. The molecule has 0 aliphatic heterocycles. The van der Waals surface area contributed by atoms with Crippen molar-refractivity contribution in [2.45, 2.75) is 98.5 Å². The van der Waals surface area contributed by atoms with Crippen molar-refractivity contribution in [3.63, 3.8) is 0 Å². The van der Waals surface area contributed by atoms with E-state index in [1.54, 1.807) is 0 Å².